The van der Waals surface area contributed by atoms with Gasteiger partial charge in [0, 0.05) is 19.1 Å². The third-order valence-electron chi connectivity index (χ3n) is 2.41. The van der Waals surface area contributed by atoms with Crippen molar-refractivity contribution in [1.29, 1.82) is 0 Å². The third-order valence-corrected chi connectivity index (χ3v) is 2.41. The van der Waals surface area contributed by atoms with E-state index in [1.807, 2.05) is 0 Å². The van der Waals surface area contributed by atoms with Gasteiger partial charge in [0.25, 0.3) is 0 Å². The molecule has 0 aromatic carbocycles. The van der Waals surface area contributed by atoms with Gasteiger partial charge in [-0.25, -0.2) is 0 Å². The maximum atomic E-state index is 5.51. The van der Waals surface area contributed by atoms with Gasteiger partial charge in [-0.15, -0.1) is 12.3 Å². The summed E-state index contributed by atoms with van der Waals surface area (Å²) in [6.45, 7) is 4.09. The van der Waals surface area contributed by atoms with Crippen LogP contribution in [0.4, 0.5) is 0 Å². The van der Waals surface area contributed by atoms with Gasteiger partial charge in [0.2, 0.25) is 0 Å². The smallest absolute Gasteiger partial charge is 0.0588 e. The number of ether oxygens (including phenoxy) is 1. The largest absolute Gasteiger partial charge is 0.378 e. The van der Waals surface area contributed by atoms with E-state index in [2.05, 4.69) is 18.2 Å². The highest BCUT2D eigenvalue weighted by Crippen LogP contribution is 2.14. The second-order valence-corrected chi connectivity index (χ2v) is 3.69. The van der Waals surface area contributed by atoms with Crippen molar-refractivity contribution in [1.82, 2.24) is 5.32 Å². The minimum Gasteiger partial charge on any atom is -0.378 e. The van der Waals surface area contributed by atoms with E-state index in [1.54, 1.807) is 0 Å². The Labute approximate surface area is 81.0 Å². The van der Waals surface area contributed by atoms with Crippen LogP contribution in [-0.4, -0.2) is 25.3 Å². The lowest BCUT2D eigenvalue weighted by molar-refractivity contribution is 0.103. The molecule has 13 heavy (non-hydrogen) atoms. The predicted octanol–water partition coefficient (Wildman–Crippen LogP) is 1.56. The Balaban J connectivity index is 1.97. The SMILES string of the molecule is C#CCC(C)NCCC1CCCO1. The molecule has 1 N–H and O–H groups in total. The lowest BCUT2D eigenvalue weighted by Crippen LogP contribution is -2.28. The summed E-state index contributed by atoms with van der Waals surface area (Å²) in [5.41, 5.74) is 0. The molecule has 0 aliphatic carbocycles. The Morgan fingerprint density at radius 3 is 3.15 bits per heavy atom. The summed E-state index contributed by atoms with van der Waals surface area (Å²) in [7, 11) is 0. The highest BCUT2D eigenvalue weighted by atomic mass is 16.5. The third kappa shape index (κ3) is 4.31. The number of hydrogen-bond acceptors (Lipinski definition) is 2. The average molecular weight is 181 g/mol. The van der Waals surface area contributed by atoms with E-state index < -0.39 is 0 Å². The zero-order valence-corrected chi connectivity index (χ0v) is 8.38. The second-order valence-electron chi connectivity index (χ2n) is 3.69. The normalized spacial score (nSPS) is 24.2. The molecule has 1 fully saturated rings. The van der Waals surface area contributed by atoms with E-state index in [-0.39, 0.29) is 0 Å². The van der Waals surface area contributed by atoms with Crippen LogP contribution in [0.1, 0.15) is 32.6 Å². The van der Waals surface area contributed by atoms with Gasteiger partial charge in [0.15, 0.2) is 0 Å². The molecule has 0 amide bonds. The van der Waals surface area contributed by atoms with Crippen molar-refractivity contribution in [3.8, 4) is 12.3 Å². The molecule has 0 radical (unpaired) electrons. The zero-order chi connectivity index (χ0) is 9.52. The van der Waals surface area contributed by atoms with E-state index >= 15 is 0 Å². The van der Waals surface area contributed by atoms with Gasteiger partial charge >= 0.3 is 0 Å². The Kier molecular flexibility index (Phi) is 4.88. The van der Waals surface area contributed by atoms with Gasteiger partial charge in [-0.1, -0.05) is 0 Å². The fourth-order valence-electron chi connectivity index (χ4n) is 1.61. The monoisotopic (exact) mass is 181 g/mol. The molecule has 1 heterocycles. The van der Waals surface area contributed by atoms with Crippen LogP contribution in [0.5, 0.6) is 0 Å². The standard InChI is InChI=1S/C11H19NO/c1-3-5-10(2)12-8-7-11-6-4-9-13-11/h1,10-12H,4-9H2,2H3. The van der Waals surface area contributed by atoms with Gasteiger partial charge in [-0.3, -0.25) is 0 Å². The van der Waals surface area contributed by atoms with Crippen LogP contribution in [0.15, 0.2) is 0 Å². The Hall–Kier alpha value is -0.520. The molecule has 1 aliphatic heterocycles. The Morgan fingerprint density at radius 2 is 2.54 bits per heavy atom. The highest BCUT2D eigenvalue weighted by molar-refractivity contribution is 4.88. The first-order chi connectivity index (χ1) is 6.33. The van der Waals surface area contributed by atoms with Crippen LogP contribution in [0.2, 0.25) is 0 Å². The zero-order valence-electron chi connectivity index (χ0n) is 8.38. The van der Waals surface area contributed by atoms with Crippen LogP contribution >= 0.6 is 0 Å². The minimum absolute atomic E-state index is 0.436. The Bertz CT molecular complexity index is 167. The Morgan fingerprint density at radius 1 is 1.69 bits per heavy atom. The molecule has 2 heteroatoms. The van der Waals surface area contributed by atoms with Gasteiger partial charge in [0.05, 0.1) is 6.10 Å². The van der Waals surface area contributed by atoms with E-state index in [4.69, 9.17) is 11.2 Å². The quantitative estimate of drug-likeness (QED) is 0.650. The molecule has 1 saturated heterocycles. The van der Waals surface area contributed by atoms with E-state index in [0.717, 1.165) is 26.0 Å². The number of terminal acetylenes is 1. The van der Waals surface area contributed by atoms with Crippen LogP contribution in [0.25, 0.3) is 0 Å². The van der Waals surface area contributed by atoms with Gasteiger partial charge in [-0.05, 0) is 32.7 Å². The molecule has 2 unspecified atom stereocenters. The molecule has 2 nitrogen and oxygen atoms in total. The first-order valence-corrected chi connectivity index (χ1v) is 5.11. The first kappa shape index (κ1) is 10.6. The lowest BCUT2D eigenvalue weighted by atomic mass is 10.1. The van der Waals surface area contributed by atoms with E-state index in [0.29, 0.717) is 12.1 Å². The van der Waals surface area contributed by atoms with Crippen LogP contribution < -0.4 is 5.32 Å². The summed E-state index contributed by atoms with van der Waals surface area (Å²) in [5.74, 6) is 2.65. The van der Waals surface area contributed by atoms with Crippen molar-refractivity contribution in [2.75, 3.05) is 13.2 Å². The maximum Gasteiger partial charge on any atom is 0.0588 e. The number of rotatable bonds is 5. The molecule has 1 rings (SSSR count). The molecule has 0 saturated carbocycles. The summed E-state index contributed by atoms with van der Waals surface area (Å²) in [6.07, 6.45) is 10.1. The van der Waals surface area contributed by atoms with Crippen LogP contribution in [0, 0.1) is 12.3 Å². The summed E-state index contributed by atoms with van der Waals surface area (Å²) in [6, 6.07) is 0.436. The van der Waals surface area contributed by atoms with Gasteiger partial charge in [-0.2, -0.15) is 0 Å². The molecule has 74 valence electrons. The van der Waals surface area contributed by atoms with Crippen LogP contribution in [-0.2, 0) is 4.74 Å². The molecule has 2 atom stereocenters. The van der Waals surface area contributed by atoms with Crippen molar-refractivity contribution >= 4 is 0 Å². The summed E-state index contributed by atoms with van der Waals surface area (Å²) in [4.78, 5) is 0. The van der Waals surface area contributed by atoms with Crippen molar-refractivity contribution in [2.24, 2.45) is 0 Å². The minimum atomic E-state index is 0.436. The number of hydrogen-bond donors (Lipinski definition) is 1. The van der Waals surface area contributed by atoms with Crippen molar-refractivity contribution in [2.45, 2.75) is 44.8 Å². The molecule has 0 aromatic heterocycles. The second kappa shape index (κ2) is 6.01. The predicted molar refractivity (Wildman–Crippen MR) is 54.5 cm³/mol. The van der Waals surface area contributed by atoms with Gasteiger partial charge in [0.1, 0.15) is 0 Å². The molecule has 0 aromatic rings. The van der Waals surface area contributed by atoms with Crippen molar-refractivity contribution in [3.63, 3.8) is 0 Å². The van der Waals surface area contributed by atoms with Crippen LogP contribution in [0.3, 0.4) is 0 Å². The molecule has 0 bridgehead atoms. The molecular formula is C11H19NO. The van der Waals surface area contributed by atoms with E-state index in [1.165, 1.54) is 12.8 Å². The highest BCUT2D eigenvalue weighted by Gasteiger charge is 2.14. The fraction of sp³-hybridized carbons (Fsp3) is 0.818. The van der Waals surface area contributed by atoms with E-state index in [9.17, 15) is 0 Å². The lowest BCUT2D eigenvalue weighted by Gasteiger charge is -2.13. The van der Waals surface area contributed by atoms with Gasteiger partial charge < -0.3 is 10.1 Å². The van der Waals surface area contributed by atoms with Crippen molar-refractivity contribution in [3.05, 3.63) is 0 Å². The summed E-state index contributed by atoms with van der Waals surface area (Å²) >= 11 is 0. The van der Waals surface area contributed by atoms with Crippen molar-refractivity contribution < 1.29 is 4.74 Å². The summed E-state index contributed by atoms with van der Waals surface area (Å²) < 4.78 is 5.51. The first-order valence-electron chi connectivity index (χ1n) is 5.11. The fourth-order valence-corrected chi connectivity index (χ4v) is 1.61. The average Bonchev–Trinajstić information content (AvgIpc) is 2.57. The molecular weight excluding hydrogens is 162 g/mol. The number of nitrogens with one attached hydrogen (secondary N) is 1. The molecule has 0 spiro atoms. The molecule has 1 aliphatic rings. The topological polar surface area (TPSA) is 21.3 Å². The maximum absolute atomic E-state index is 5.51. The summed E-state index contributed by atoms with van der Waals surface area (Å²) in [5, 5.41) is 3.39.